The highest BCUT2D eigenvalue weighted by atomic mass is 127. The molecule has 0 radical (unpaired) electrons. The third-order valence-corrected chi connectivity index (χ3v) is 3.19. The minimum Gasteiger partial charge on any atom is -0.469 e. The second-order valence-corrected chi connectivity index (χ2v) is 4.39. The zero-order valence-corrected chi connectivity index (χ0v) is 11.6. The van der Waals surface area contributed by atoms with E-state index < -0.39 is 12.3 Å². The fourth-order valence-electron chi connectivity index (χ4n) is 1.18. The van der Waals surface area contributed by atoms with E-state index in [2.05, 4.69) is 14.5 Å². The molecule has 0 spiro atoms. The van der Waals surface area contributed by atoms with Crippen LogP contribution in [-0.2, 0) is 16.0 Å². The lowest BCUT2D eigenvalue weighted by molar-refractivity contribution is -0.275. The van der Waals surface area contributed by atoms with E-state index in [-0.39, 0.29) is 21.4 Å². The molecule has 0 atom stereocenters. The second-order valence-electron chi connectivity index (χ2n) is 3.31. The van der Waals surface area contributed by atoms with Crippen molar-refractivity contribution >= 4 is 28.6 Å². The van der Waals surface area contributed by atoms with Crippen molar-refractivity contribution in [1.82, 2.24) is 4.98 Å². The summed E-state index contributed by atoms with van der Waals surface area (Å²) in [5.41, 5.74) is 0.428. The van der Waals surface area contributed by atoms with Crippen molar-refractivity contribution in [1.29, 1.82) is 0 Å². The summed E-state index contributed by atoms with van der Waals surface area (Å²) >= 11 is 1.68. The van der Waals surface area contributed by atoms with Crippen LogP contribution in [0.3, 0.4) is 0 Å². The van der Waals surface area contributed by atoms with Crippen molar-refractivity contribution < 1.29 is 27.4 Å². The molecule has 0 bridgehead atoms. The molecule has 0 N–H and O–H groups in total. The van der Waals surface area contributed by atoms with E-state index in [4.69, 9.17) is 0 Å². The number of carbonyl (C=O) groups is 1. The number of aryl methyl sites for hydroxylation is 1. The first-order valence-corrected chi connectivity index (χ1v) is 5.79. The summed E-state index contributed by atoms with van der Waals surface area (Å²) in [6.07, 6.45) is -3.62. The Bertz CT molecular complexity index is 462. The van der Waals surface area contributed by atoms with Crippen molar-refractivity contribution in [2.75, 3.05) is 7.11 Å². The number of pyridine rings is 1. The minimum absolute atomic E-state index is 0.102. The van der Waals surface area contributed by atoms with Gasteiger partial charge in [0.25, 0.3) is 0 Å². The summed E-state index contributed by atoms with van der Waals surface area (Å²) in [6, 6.07) is 0. The molecule has 0 aromatic carbocycles. The fraction of sp³-hybridized carbons (Fsp3) is 0.400. The van der Waals surface area contributed by atoms with Crippen LogP contribution in [0.5, 0.6) is 5.75 Å². The number of nitrogens with zero attached hydrogens (tertiary/aromatic N) is 1. The lowest BCUT2D eigenvalue weighted by Crippen LogP contribution is -2.19. The average Bonchev–Trinajstić information content (AvgIpc) is 2.26. The van der Waals surface area contributed by atoms with Gasteiger partial charge in [-0.2, -0.15) is 0 Å². The molecule has 1 rings (SSSR count). The van der Waals surface area contributed by atoms with E-state index in [1.807, 2.05) is 0 Å². The van der Waals surface area contributed by atoms with Crippen LogP contribution in [0.2, 0.25) is 0 Å². The first kappa shape index (κ1) is 15.0. The standard InChI is InChI=1S/C10H9F3INO3/c1-5-9(18-10(11,12)13)8(14)6(4-15-5)3-7(16)17-2/h4H,3H2,1-2H3. The first-order chi connectivity index (χ1) is 8.24. The fourth-order valence-corrected chi connectivity index (χ4v) is 2.01. The Morgan fingerprint density at radius 1 is 1.50 bits per heavy atom. The van der Waals surface area contributed by atoms with Gasteiger partial charge >= 0.3 is 12.3 Å². The molecule has 0 aliphatic heterocycles. The molecule has 1 aromatic heterocycles. The van der Waals surface area contributed by atoms with Gasteiger partial charge in [-0.25, -0.2) is 0 Å². The third-order valence-electron chi connectivity index (χ3n) is 2.00. The maximum absolute atomic E-state index is 12.2. The van der Waals surface area contributed by atoms with Crippen LogP contribution in [0, 0.1) is 10.5 Å². The Hall–Kier alpha value is -1.06. The zero-order chi connectivity index (χ0) is 13.9. The molecule has 1 aromatic rings. The van der Waals surface area contributed by atoms with E-state index in [1.54, 1.807) is 22.6 Å². The van der Waals surface area contributed by atoms with E-state index in [0.29, 0.717) is 5.56 Å². The number of aromatic nitrogens is 1. The van der Waals surface area contributed by atoms with E-state index in [1.165, 1.54) is 20.2 Å². The third kappa shape index (κ3) is 4.00. The maximum atomic E-state index is 12.2. The van der Waals surface area contributed by atoms with Crippen LogP contribution in [0.1, 0.15) is 11.3 Å². The summed E-state index contributed by atoms with van der Waals surface area (Å²) in [6.45, 7) is 1.39. The Kier molecular flexibility index (Phi) is 4.77. The molecule has 0 saturated heterocycles. The Balaban J connectivity index is 3.10. The number of rotatable bonds is 3. The number of esters is 1. The lowest BCUT2D eigenvalue weighted by atomic mass is 10.2. The summed E-state index contributed by atoms with van der Waals surface area (Å²) in [4.78, 5) is 14.9. The number of alkyl halides is 3. The molecule has 4 nitrogen and oxygen atoms in total. The summed E-state index contributed by atoms with van der Waals surface area (Å²) < 4.78 is 45.2. The van der Waals surface area contributed by atoms with Gasteiger partial charge in [-0.05, 0) is 35.1 Å². The van der Waals surface area contributed by atoms with Crippen molar-refractivity contribution in [3.05, 3.63) is 21.0 Å². The normalized spacial score (nSPS) is 11.2. The molecule has 0 saturated carbocycles. The van der Waals surface area contributed by atoms with Crippen molar-refractivity contribution in [3.63, 3.8) is 0 Å². The van der Waals surface area contributed by atoms with Crippen LogP contribution in [0.25, 0.3) is 0 Å². The monoisotopic (exact) mass is 375 g/mol. The highest BCUT2D eigenvalue weighted by molar-refractivity contribution is 14.1. The number of methoxy groups -OCH3 is 1. The number of carbonyl (C=O) groups excluding carboxylic acids is 1. The van der Waals surface area contributed by atoms with Gasteiger partial charge in [-0.3, -0.25) is 9.78 Å². The number of halogens is 4. The molecular weight excluding hydrogens is 366 g/mol. The van der Waals surface area contributed by atoms with Gasteiger partial charge in [0, 0.05) is 6.20 Å². The zero-order valence-electron chi connectivity index (χ0n) is 9.47. The number of hydrogen-bond acceptors (Lipinski definition) is 4. The first-order valence-electron chi connectivity index (χ1n) is 4.71. The van der Waals surface area contributed by atoms with Gasteiger partial charge in [-0.15, -0.1) is 13.2 Å². The Morgan fingerprint density at radius 2 is 2.11 bits per heavy atom. The number of ether oxygens (including phenoxy) is 2. The quantitative estimate of drug-likeness (QED) is 0.602. The van der Waals surface area contributed by atoms with Crippen molar-refractivity contribution in [2.45, 2.75) is 19.7 Å². The highest BCUT2D eigenvalue weighted by Gasteiger charge is 2.33. The molecule has 0 aliphatic carbocycles. The van der Waals surface area contributed by atoms with Crippen LogP contribution in [0.4, 0.5) is 13.2 Å². The van der Waals surface area contributed by atoms with Crippen LogP contribution >= 0.6 is 22.6 Å². The predicted octanol–water partition coefficient (Wildman–Crippen LogP) is 2.61. The smallest absolute Gasteiger partial charge is 0.469 e. The van der Waals surface area contributed by atoms with E-state index in [0.717, 1.165) is 0 Å². The molecule has 1 heterocycles. The van der Waals surface area contributed by atoms with Gasteiger partial charge in [0.2, 0.25) is 0 Å². The minimum atomic E-state index is -4.80. The Morgan fingerprint density at radius 3 is 2.61 bits per heavy atom. The molecular formula is C10H9F3INO3. The SMILES string of the molecule is COC(=O)Cc1cnc(C)c(OC(F)(F)F)c1I. The maximum Gasteiger partial charge on any atom is 0.573 e. The molecule has 18 heavy (non-hydrogen) atoms. The largest absolute Gasteiger partial charge is 0.573 e. The van der Waals surface area contributed by atoms with Crippen molar-refractivity contribution in [3.8, 4) is 5.75 Å². The molecule has 8 heteroatoms. The van der Waals surface area contributed by atoms with Crippen LogP contribution in [-0.4, -0.2) is 24.4 Å². The topological polar surface area (TPSA) is 48.4 Å². The van der Waals surface area contributed by atoms with E-state index >= 15 is 0 Å². The summed E-state index contributed by atoms with van der Waals surface area (Å²) in [5.74, 6) is -0.943. The Labute approximate surface area is 115 Å². The summed E-state index contributed by atoms with van der Waals surface area (Å²) in [7, 11) is 1.20. The molecule has 0 unspecified atom stereocenters. The van der Waals surface area contributed by atoms with Gasteiger partial charge in [0.1, 0.15) is 0 Å². The molecule has 0 fully saturated rings. The van der Waals surface area contributed by atoms with Gasteiger partial charge < -0.3 is 9.47 Å². The molecule has 100 valence electrons. The molecule has 0 amide bonds. The van der Waals surface area contributed by atoms with Gasteiger partial charge in [-0.1, -0.05) is 0 Å². The average molecular weight is 375 g/mol. The van der Waals surface area contributed by atoms with Crippen molar-refractivity contribution in [2.24, 2.45) is 0 Å². The predicted molar refractivity (Wildman–Crippen MR) is 64.1 cm³/mol. The van der Waals surface area contributed by atoms with E-state index in [9.17, 15) is 18.0 Å². The highest BCUT2D eigenvalue weighted by Crippen LogP contribution is 2.32. The van der Waals surface area contributed by atoms with Crippen LogP contribution in [0.15, 0.2) is 6.20 Å². The molecule has 0 aliphatic rings. The lowest BCUT2D eigenvalue weighted by Gasteiger charge is -2.14. The van der Waals surface area contributed by atoms with Crippen LogP contribution < -0.4 is 4.74 Å². The van der Waals surface area contributed by atoms with Gasteiger partial charge in [0.15, 0.2) is 5.75 Å². The summed E-state index contributed by atoms with van der Waals surface area (Å²) in [5, 5.41) is 0. The number of hydrogen-bond donors (Lipinski definition) is 0. The second kappa shape index (κ2) is 5.72. The van der Waals surface area contributed by atoms with Gasteiger partial charge in [0.05, 0.1) is 22.8 Å².